The quantitative estimate of drug-likeness (QED) is 0.925. The topological polar surface area (TPSA) is 33.7 Å². The SMILES string of the molecule is CCNC1c2ccccc2OCC1N1CCOC(C)(C)C1. The molecule has 116 valence electrons. The van der Waals surface area contributed by atoms with Gasteiger partial charge in [0.25, 0.3) is 0 Å². The average Bonchev–Trinajstić information content (AvgIpc) is 2.47. The van der Waals surface area contributed by atoms with Crippen molar-refractivity contribution in [3.05, 3.63) is 29.8 Å². The maximum absolute atomic E-state index is 6.01. The fourth-order valence-electron chi connectivity index (χ4n) is 3.47. The third-order valence-electron chi connectivity index (χ3n) is 4.40. The zero-order valence-corrected chi connectivity index (χ0v) is 13.3. The molecule has 1 saturated heterocycles. The van der Waals surface area contributed by atoms with Gasteiger partial charge >= 0.3 is 0 Å². The van der Waals surface area contributed by atoms with E-state index in [1.807, 2.05) is 6.07 Å². The first kappa shape index (κ1) is 14.8. The molecular formula is C17H26N2O2. The van der Waals surface area contributed by atoms with E-state index in [1.165, 1.54) is 5.56 Å². The highest BCUT2D eigenvalue weighted by Gasteiger charge is 2.38. The molecule has 2 aliphatic rings. The molecule has 2 aliphatic heterocycles. The molecule has 1 aromatic rings. The molecule has 3 rings (SSSR count). The Morgan fingerprint density at radius 1 is 1.33 bits per heavy atom. The van der Waals surface area contributed by atoms with Crippen molar-refractivity contribution < 1.29 is 9.47 Å². The fourth-order valence-corrected chi connectivity index (χ4v) is 3.47. The van der Waals surface area contributed by atoms with Gasteiger partial charge in [-0.2, -0.15) is 0 Å². The Labute approximate surface area is 127 Å². The summed E-state index contributed by atoms with van der Waals surface area (Å²) in [5.74, 6) is 1.02. The van der Waals surface area contributed by atoms with E-state index in [0.717, 1.165) is 38.6 Å². The molecule has 4 heteroatoms. The van der Waals surface area contributed by atoms with Crippen LogP contribution in [0.3, 0.4) is 0 Å². The molecule has 0 spiro atoms. The molecular weight excluding hydrogens is 264 g/mol. The lowest BCUT2D eigenvalue weighted by Crippen LogP contribution is -2.58. The van der Waals surface area contributed by atoms with E-state index in [0.29, 0.717) is 12.1 Å². The highest BCUT2D eigenvalue weighted by molar-refractivity contribution is 5.38. The highest BCUT2D eigenvalue weighted by Crippen LogP contribution is 2.35. The van der Waals surface area contributed by atoms with Gasteiger partial charge in [-0.05, 0) is 26.5 Å². The first-order chi connectivity index (χ1) is 10.1. The van der Waals surface area contributed by atoms with Crippen molar-refractivity contribution in [3.63, 3.8) is 0 Å². The van der Waals surface area contributed by atoms with Crippen molar-refractivity contribution in [2.45, 2.75) is 38.5 Å². The number of rotatable bonds is 3. The van der Waals surface area contributed by atoms with Crippen molar-refractivity contribution in [1.29, 1.82) is 0 Å². The lowest BCUT2D eigenvalue weighted by Gasteiger charge is -2.46. The second-order valence-electron chi connectivity index (χ2n) is 6.53. The van der Waals surface area contributed by atoms with Gasteiger partial charge in [0.2, 0.25) is 0 Å². The molecule has 2 unspecified atom stereocenters. The van der Waals surface area contributed by atoms with Crippen LogP contribution in [0.5, 0.6) is 5.75 Å². The van der Waals surface area contributed by atoms with Crippen LogP contribution >= 0.6 is 0 Å². The Hall–Kier alpha value is -1.10. The van der Waals surface area contributed by atoms with Gasteiger partial charge in [0.15, 0.2) is 0 Å². The van der Waals surface area contributed by atoms with E-state index in [9.17, 15) is 0 Å². The van der Waals surface area contributed by atoms with E-state index >= 15 is 0 Å². The molecule has 1 fully saturated rings. The van der Waals surface area contributed by atoms with Gasteiger partial charge < -0.3 is 14.8 Å². The Balaban J connectivity index is 1.85. The number of likely N-dealkylation sites (N-methyl/N-ethyl adjacent to an activating group) is 1. The van der Waals surface area contributed by atoms with E-state index in [-0.39, 0.29) is 5.60 Å². The molecule has 0 saturated carbocycles. The van der Waals surface area contributed by atoms with Crippen LogP contribution in [0.15, 0.2) is 24.3 Å². The van der Waals surface area contributed by atoms with Gasteiger partial charge in [-0.15, -0.1) is 0 Å². The molecule has 0 radical (unpaired) electrons. The smallest absolute Gasteiger partial charge is 0.124 e. The number of hydrogen-bond acceptors (Lipinski definition) is 4. The van der Waals surface area contributed by atoms with Crippen LogP contribution in [-0.4, -0.2) is 49.4 Å². The average molecular weight is 290 g/mol. The molecule has 0 aromatic heterocycles. The van der Waals surface area contributed by atoms with Crippen molar-refractivity contribution in [2.24, 2.45) is 0 Å². The molecule has 21 heavy (non-hydrogen) atoms. The van der Waals surface area contributed by atoms with Crippen LogP contribution in [0.2, 0.25) is 0 Å². The Kier molecular flexibility index (Phi) is 4.20. The summed E-state index contributed by atoms with van der Waals surface area (Å²) >= 11 is 0. The summed E-state index contributed by atoms with van der Waals surface area (Å²) in [7, 11) is 0. The number of benzene rings is 1. The fraction of sp³-hybridized carbons (Fsp3) is 0.647. The zero-order chi connectivity index (χ0) is 14.9. The third-order valence-corrected chi connectivity index (χ3v) is 4.40. The summed E-state index contributed by atoms with van der Waals surface area (Å²) in [5.41, 5.74) is 1.20. The summed E-state index contributed by atoms with van der Waals surface area (Å²) in [6.07, 6.45) is 0. The van der Waals surface area contributed by atoms with Crippen LogP contribution in [-0.2, 0) is 4.74 Å². The van der Waals surface area contributed by atoms with Crippen molar-refractivity contribution in [1.82, 2.24) is 10.2 Å². The van der Waals surface area contributed by atoms with E-state index in [4.69, 9.17) is 9.47 Å². The van der Waals surface area contributed by atoms with Crippen LogP contribution in [0.4, 0.5) is 0 Å². The van der Waals surface area contributed by atoms with Gasteiger partial charge in [-0.3, -0.25) is 4.90 Å². The summed E-state index contributed by atoms with van der Waals surface area (Å²) in [6.45, 7) is 10.9. The number of ether oxygens (including phenoxy) is 2. The predicted octanol–water partition coefficient (Wildman–Crippen LogP) is 2.21. The number of hydrogen-bond donors (Lipinski definition) is 1. The summed E-state index contributed by atoms with van der Waals surface area (Å²) < 4.78 is 11.9. The van der Waals surface area contributed by atoms with Crippen molar-refractivity contribution >= 4 is 0 Å². The van der Waals surface area contributed by atoms with Crippen LogP contribution in [0.1, 0.15) is 32.4 Å². The van der Waals surface area contributed by atoms with Gasteiger partial charge in [0.1, 0.15) is 12.4 Å². The Morgan fingerprint density at radius 3 is 2.90 bits per heavy atom. The maximum atomic E-state index is 6.01. The molecule has 4 nitrogen and oxygen atoms in total. The number of para-hydroxylation sites is 1. The van der Waals surface area contributed by atoms with Crippen LogP contribution in [0.25, 0.3) is 0 Å². The first-order valence-electron chi connectivity index (χ1n) is 7.94. The lowest BCUT2D eigenvalue weighted by atomic mass is 9.93. The maximum Gasteiger partial charge on any atom is 0.124 e. The summed E-state index contributed by atoms with van der Waals surface area (Å²) in [5, 5.41) is 3.65. The number of morpholine rings is 1. The monoisotopic (exact) mass is 290 g/mol. The van der Waals surface area contributed by atoms with Crippen molar-refractivity contribution in [3.8, 4) is 5.75 Å². The van der Waals surface area contributed by atoms with Gasteiger partial charge in [0, 0.05) is 18.7 Å². The standard InChI is InChI=1S/C17H26N2O2/c1-4-18-16-13-7-5-6-8-15(13)20-11-14(16)19-9-10-21-17(2,3)12-19/h5-8,14,16,18H,4,9-12H2,1-3H3. The molecule has 2 atom stereocenters. The van der Waals surface area contributed by atoms with Gasteiger partial charge in [-0.1, -0.05) is 25.1 Å². The molecule has 0 bridgehead atoms. The molecule has 0 aliphatic carbocycles. The minimum absolute atomic E-state index is 0.0774. The van der Waals surface area contributed by atoms with E-state index in [1.54, 1.807) is 0 Å². The van der Waals surface area contributed by atoms with Crippen LogP contribution in [0, 0.1) is 0 Å². The summed E-state index contributed by atoms with van der Waals surface area (Å²) in [6, 6.07) is 9.08. The largest absolute Gasteiger partial charge is 0.492 e. The van der Waals surface area contributed by atoms with Gasteiger partial charge in [0.05, 0.1) is 24.3 Å². The number of nitrogens with one attached hydrogen (secondary N) is 1. The first-order valence-corrected chi connectivity index (χ1v) is 7.94. The molecule has 2 heterocycles. The highest BCUT2D eigenvalue weighted by atomic mass is 16.5. The van der Waals surface area contributed by atoms with Gasteiger partial charge in [-0.25, -0.2) is 0 Å². The molecule has 1 N–H and O–H groups in total. The second-order valence-corrected chi connectivity index (χ2v) is 6.53. The minimum atomic E-state index is -0.0774. The third kappa shape index (κ3) is 3.07. The van der Waals surface area contributed by atoms with Crippen LogP contribution < -0.4 is 10.1 Å². The second kappa shape index (κ2) is 5.95. The van der Waals surface area contributed by atoms with E-state index in [2.05, 4.69) is 49.2 Å². The predicted molar refractivity (Wildman–Crippen MR) is 83.7 cm³/mol. The van der Waals surface area contributed by atoms with E-state index < -0.39 is 0 Å². The summed E-state index contributed by atoms with van der Waals surface area (Å²) in [4.78, 5) is 2.52. The number of nitrogens with zero attached hydrogens (tertiary/aromatic N) is 1. The Bertz CT molecular complexity index is 489. The number of fused-ring (bicyclic) bond motifs is 1. The van der Waals surface area contributed by atoms with Crippen molar-refractivity contribution in [2.75, 3.05) is 32.8 Å². The lowest BCUT2D eigenvalue weighted by molar-refractivity contribution is -0.106. The molecule has 0 amide bonds. The minimum Gasteiger partial charge on any atom is -0.492 e. The molecule has 1 aromatic carbocycles. The normalized spacial score (nSPS) is 28.7. The zero-order valence-electron chi connectivity index (χ0n) is 13.3. The Morgan fingerprint density at radius 2 is 2.14 bits per heavy atom.